The maximum absolute atomic E-state index is 12.7. The highest BCUT2D eigenvalue weighted by molar-refractivity contribution is 7.15. The molecule has 3 aromatic rings. The lowest BCUT2D eigenvalue weighted by Gasteiger charge is -2.35. The quantitative estimate of drug-likeness (QED) is 0.665. The minimum absolute atomic E-state index is 0.0371. The Kier molecular flexibility index (Phi) is 5.54. The van der Waals surface area contributed by atoms with Crippen molar-refractivity contribution in [3.05, 3.63) is 69.6 Å². The molecular weight excluding hydrogens is 372 g/mol. The molecule has 1 aliphatic rings. The van der Waals surface area contributed by atoms with Crippen LogP contribution < -0.4 is 5.56 Å². The zero-order valence-corrected chi connectivity index (χ0v) is 16.8. The lowest BCUT2D eigenvalue weighted by atomic mass is 9.97. The molecule has 1 atom stereocenters. The highest BCUT2D eigenvalue weighted by atomic mass is 32.1. The number of aromatic nitrogens is 2. The third-order valence-electron chi connectivity index (χ3n) is 5.32. The van der Waals surface area contributed by atoms with E-state index in [1.807, 2.05) is 28.5 Å². The van der Waals surface area contributed by atoms with Gasteiger partial charge in [0.2, 0.25) is 5.91 Å². The summed E-state index contributed by atoms with van der Waals surface area (Å²) in [6.45, 7) is 5.80. The van der Waals surface area contributed by atoms with Crippen molar-refractivity contribution in [1.29, 1.82) is 0 Å². The fourth-order valence-corrected chi connectivity index (χ4v) is 4.38. The van der Waals surface area contributed by atoms with E-state index in [0.29, 0.717) is 13.0 Å². The summed E-state index contributed by atoms with van der Waals surface area (Å²) >= 11 is 1.47. The van der Waals surface area contributed by atoms with Crippen LogP contribution in [0, 0.1) is 0 Å². The van der Waals surface area contributed by atoms with Gasteiger partial charge in [0.15, 0.2) is 4.96 Å². The highest BCUT2D eigenvalue weighted by Crippen LogP contribution is 2.20. The topological polar surface area (TPSA) is 57.9 Å². The molecule has 6 nitrogen and oxygen atoms in total. The number of thiazole rings is 1. The summed E-state index contributed by atoms with van der Waals surface area (Å²) in [7, 11) is 0. The summed E-state index contributed by atoms with van der Waals surface area (Å²) in [5.74, 6) is 0.439. The Morgan fingerprint density at radius 1 is 1.18 bits per heavy atom. The lowest BCUT2D eigenvalue weighted by molar-refractivity contribution is -0.133. The number of nitrogens with zero attached hydrogens (tertiary/aromatic N) is 4. The first-order valence-corrected chi connectivity index (χ1v) is 10.5. The number of piperazine rings is 1. The predicted molar refractivity (Wildman–Crippen MR) is 111 cm³/mol. The minimum atomic E-state index is -0.0371. The van der Waals surface area contributed by atoms with Crippen LogP contribution >= 0.6 is 11.3 Å². The van der Waals surface area contributed by atoms with Crippen molar-refractivity contribution >= 4 is 22.2 Å². The molecule has 146 valence electrons. The van der Waals surface area contributed by atoms with Gasteiger partial charge in [0.25, 0.3) is 5.56 Å². The fraction of sp³-hybridized carbons (Fsp3) is 0.381. The van der Waals surface area contributed by atoms with Crippen LogP contribution in [-0.4, -0.2) is 51.3 Å². The normalized spacial score (nSPS) is 16.4. The van der Waals surface area contributed by atoms with Gasteiger partial charge in [-0.15, -0.1) is 11.3 Å². The van der Waals surface area contributed by atoms with Gasteiger partial charge in [-0.05, 0) is 11.5 Å². The first kappa shape index (κ1) is 18.8. The van der Waals surface area contributed by atoms with E-state index in [1.54, 1.807) is 16.7 Å². The molecule has 0 aliphatic carbocycles. The van der Waals surface area contributed by atoms with Crippen LogP contribution in [0.1, 0.15) is 30.5 Å². The van der Waals surface area contributed by atoms with Gasteiger partial charge in [0, 0.05) is 56.8 Å². The van der Waals surface area contributed by atoms with Crippen LogP contribution in [0.25, 0.3) is 4.96 Å². The summed E-state index contributed by atoms with van der Waals surface area (Å²) in [6.07, 6.45) is 2.29. The monoisotopic (exact) mass is 396 g/mol. The number of amides is 1. The van der Waals surface area contributed by atoms with Crippen LogP contribution in [0.2, 0.25) is 0 Å². The van der Waals surface area contributed by atoms with Gasteiger partial charge < -0.3 is 4.90 Å². The number of hydrogen-bond acceptors (Lipinski definition) is 5. The third kappa shape index (κ3) is 4.15. The van der Waals surface area contributed by atoms with Crippen LogP contribution in [0.3, 0.4) is 0 Å². The molecule has 4 rings (SSSR count). The predicted octanol–water partition coefficient (Wildman–Crippen LogP) is 2.59. The molecule has 0 N–H and O–H groups in total. The summed E-state index contributed by atoms with van der Waals surface area (Å²) in [5.41, 5.74) is 1.96. The number of rotatable bonds is 5. The van der Waals surface area contributed by atoms with E-state index in [1.165, 1.54) is 16.9 Å². The number of hydrogen-bond donors (Lipinski definition) is 0. The SMILES string of the molecule is CC(CC(=O)N1CCN(Cc2cc(=O)n3ccsc3n2)CC1)c1ccccc1. The molecule has 1 aromatic carbocycles. The first-order chi connectivity index (χ1) is 13.6. The zero-order chi connectivity index (χ0) is 19.5. The van der Waals surface area contributed by atoms with Crippen LogP contribution in [0.5, 0.6) is 0 Å². The highest BCUT2D eigenvalue weighted by Gasteiger charge is 2.23. The summed E-state index contributed by atoms with van der Waals surface area (Å²) in [6, 6.07) is 11.8. The molecule has 0 radical (unpaired) electrons. The summed E-state index contributed by atoms with van der Waals surface area (Å²) in [5, 5.41) is 1.87. The Morgan fingerprint density at radius 3 is 2.68 bits per heavy atom. The average molecular weight is 397 g/mol. The van der Waals surface area contributed by atoms with Gasteiger partial charge in [-0.25, -0.2) is 4.98 Å². The van der Waals surface area contributed by atoms with Gasteiger partial charge in [-0.3, -0.25) is 18.9 Å². The zero-order valence-electron chi connectivity index (χ0n) is 16.0. The average Bonchev–Trinajstić information content (AvgIpc) is 3.18. The minimum Gasteiger partial charge on any atom is -0.340 e. The molecule has 7 heteroatoms. The molecule has 1 unspecified atom stereocenters. The maximum atomic E-state index is 12.7. The summed E-state index contributed by atoms with van der Waals surface area (Å²) in [4.78, 5) is 34.3. The van der Waals surface area contributed by atoms with Gasteiger partial charge in [-0.1, -0.05) is 37.3 Å². The third-order valence-corrected chi connectivity index (χ3v) is 6.07. The second kappa shape index (κ2) is 8.24. The molecule has 0 spiro atoms. The Bertz CT molecular complexity index is 1010. The van der Waals surface area contributed by atoms with Crippen LogP contribution in [0.4, 0.5) is 0 Å². The number of fused-ring (bicyclic) bond motifs is 1. The standard InChI is InChI=1S/C21H24N4O2S/c1-16(17-5-3-2-4-6-17)13-19(26)24-9-7-23(8-10-24)15-18-14-20(27)25-11-12-28-21(25)22-18/h2-6,11-12,14,16H,7-10,13,15H2,1H3. The van der Waals surface area contributed by atoms with Crippen molar-refractivity contribution in [3.8, 4) is 0 Å². The van der Waals surface area contributed by atoms with Gasteiger partial charge in [0.1, 0.15) is 0 Å². The molecule has 0 bridgehead atoms. The number of carbonyl (C=O) groups is 1. The number of benzene rings is 1. The Balaban J connectivity index is 1.31. The molecule has 1 fully saturated rings. The Hall–Kier alpha value is -2.51. The number of carbonyl (C=O) groups excluding carboxylic acids is 1. The van der Waals surface area contributed by atoms with Crippen LogP contribution in [0.15, 0.2) is 52.8 Å². The molecule has 28 heavy (non-hydrogen) atoms. The first-order valence-electron chi connectivity index (χ1n) is 9.61. The molecule has 2 aromatic heterocycles. The van der Waals surface area contributed by atoms with Crippen molar-refractivity contribution in [2.24, 2.45) is 0 Å². The van der Waals surface area contributed by atoms with Gasteiger partial charge >= 0.3 is 0 Å². The molecule has 1 amide bonds. The van der Waals surface area contributed by atoms with Gasteiger partial charge in [-0.2, -0.15) is 0 Å². The van der Waals surface area contributed by atoms with Crippen molar-refractivity contribution in [2.75, 3.05) is 26.2 Å². The van der Waals surface area contributed by atoms with E-state index < -0.39 is 0 Å². The van der Waals surface area contributed by atoms with E-state index in [9.17, 15) is 9.59 Å². The van der Waals surface area contributed by atoms with E-state index in [2.05, 4.69) is 28.9 Å². The molecule has 0 saturated carbocycles. The van der Waals surface area contributed by atoms with Crippen molar-refractivity contribution in [1.82, 2.24) is 19.2 Å². The molecular formula is C21H24N4O2S. The Labute approximate surface area is 168 Å². The smallest absolute Gasteiger partial charge is 0.258 e. The van der Waals surface area contributed by atoms with Crippen LogP contribution in [-0.2, 0) is 11.3 Å². The van der Waals surface area contributed by atoms with E-state index in [0.717, 1.165) is 36.8 Å². The molecule has 1 aliphatic heterocycles. The van der Waals surface area contributed by atoms with Crippen molar-refractivity contribution in [2.45, 2.75) is 25.8 Å². The molecule has 1 saturated heterocycles. The second-order valence-corrected chi connectivity index (χ2v) is 8.19. The van der Waals surface area contributed by atoms with Gasteiger partial charge in [0.05, 0.1) is 5.69 Å². The van der Waals surface area contributed by atoms with Crippen molar-refractivity contribution in [3.63, 3.8) is 0 Å². The van der Waals surface area contributed by atoms with E-state index in [4.69, 9.17) is 0 Å². The second-order valence-electron chi connectivity index (χ2n) is 7.31. The van der Waals surface area contributed by atoms with E-state index >= 15 is 0 Å². The van der Waals surface area contributed by atoms with Crippen molar-refractivity contribution < 1.29 is 4.79 Å². The Morgan fingerprint density at radius 2 is 1.93 bits per heavy atom. The van der Waals surface area contributed by atoms with E-state index in [-0.39, 0.29) is 17.4 Å². The largest absolute Gasteiger partial charge is 0.340 e. The lowest BCUT2D eigenvalue weighted by Crippen LogP contribution is -2.48. The summed E-state index contributed by atoms with van der Waals surface area (Å²) < 4.78 is 1.57. The molecule has 3 heterocycles. The fourth-order valence-electron chi connectivity index (χ4n) is 3.64. The maximum Gasteiger partial charge on any atom is 0.258 e.